The van der Waals surface area contributed by atoms with Crippen molar-refractivity contribution < 1.29 is 17.9 Å². The van der Waals surface area contributed by atoms with Crippen molar-refractivity contribution in [2.75, 3.05) is 27.0 Å². The van der Waals surface area contributed by atoms with Crippen molar-refractivity contribution in [1.29, 1.82) is 0 Å². The summed E-state index contributed by atoms with van der Waals surface area (Å²) >= 11 is 0. The van der Waals surface area contributed by atoms with Crippen LogP contribution in [0.5, 0.6) is 5.75 Å². The summed E-state index contributed by atoms with van der Waals surface area (Å²) in [6, 6.07) is 11.2. The molecular formula is C25H31N3O4S. The van der Waals surface area contributed by atoms with Crippen LogP contribution >= 0.6 is 0 Å². The van der Waals surface area contributed by atoms with Crippen LogP contribution in [0.15, 0.2) is 47.5 Å². The molecule has 0 unspecified atom stereocenters. The van der Waals surface area contributed by atoms with Crippen molar-refractivity contribution in [3.05, 3.63) is 53.9 Å². The lowest BCUT2D eigenvalue weighted by atomic mass is 9.85. The van der Waals surface area contributed by atoms with E-state index in [1.807, 2.05) is 18.2 Å². The van der Waals surface area contributed by atoms with E-state index in [4.69, 9.17) is 4.74 Å². The van der Waals surface area contributed by atoms with Crippen LogP contribution in [0.25, 0.3) is 11.0 Å². The molecule has 2 aromatic heterocycles. The van der Waals surface area contributed by atoms with Gasteiger partial charge < -0.3 is 14.6 Å². The third-order valence-electron chi connectivity index (χ3n) is 6.46. The molecule has 4 rings (SSSR count). The van der Waals surface area contributed by atoms with Gasteiger partial charge in [-0.1, -0.05) is 37.8 Å². The van der Waals surface area contributed by atoms with Crippen LogP contribution in [0.2, 0.25) is 0 Å². The Morgan fingerprint density at radius 3 is 2.52 bits per heavy atom. The van der Waals surface area contributed by atoms with Crippen LogP contribution in [0, 0.1) is 5.92 Å². The molecule has 2 heterocycles. The molecule has 33 heavy (non-hydrogen) atoms. The van der Waals surface area contributed by atoms with Gasteiger partial charge in [0.25, 0.3) is 5.91 Å². The second-order valence-electron chi connectivity index (χ2n) is 9.19. The maximum Gasteiger partial charge on any atom is 0.259 e. The third kappa shape index (κ3) is 5.55. The molecule has 176 valence electrons. The highest BCUT2D eigenvalue weighted by molar-refractivity contribution is 7.90. The molecule has 1 aliphatic carbocycles. The van der Waals surface area contributed by atoms with Gasteiger partial charge in [-0.3, -0.25) is 4.79 Å². The summed E-state index contributed by atoms with van der Waals surface area (Å²) in [5.74, 6) is 1.21. The fourth-order valence-corrected chi connectivity index (χ4v) is 5.16. The van der Waals surface area contributed by atoms with E-state index in [2.05, 4.69) is 16.0 Å². The van der Waals surface area contributed by atoms with Gasteiger partial charge in [0.05, 0.1) is 11.1 Å². The number of pyridine rings is 1. The Hall–Kier alpha value is -2.87. The van der Waals surface area contributed by atoms with Crippen LogP contribution in [0.3, 0.4) is 0 Å². The molecule has 1 saturated carbocycles. The fraction of sp³-hybridized carbons (Fsp3) is 0.440. The number of carbonyl (C=O) groups excluding carboxylic acids is 1. The molecule has 0 bridgehead atoms. The number of sulfone groups is 1. The number of hydrogen-bond acceptors (Lipinski definition) is 5. The second kappa shape index (κ2) is 9.55. The minimum absolute atomic E-state index is 0.0333. The van der Waals surface area contributed by atoms with Gasteiger partial charge in [-0.2, -0.15) is 0 Å². The average molecular weight is 470 g/mol. The number of nitrogens with one attached hydrogen (secondary N) is 1. The van der Waals surface area contributed by atoms with Crippen molar-refractivity contribution in [1.82, 2.24) is 14.9 Å². The number of carbonyl (C=O) groups is 1. The van der Waals surface area contributed by atoms with E-state index < -0.39 is 9.84 Å². The van der Waals surface area contributed by atoms with Crippen LogP contribution in [0.4, 0.5) is 0 Å². The first kappa shape index (κ1) is 23.3. The number of hydrogen-bond donors (Lipinski definition) is 1. The Morgan fingerprint density at radius 2 is 1.88 bits per heavy atom. The maximum absolute atomic E-state index is 11.9. The van der Waals surface area contributed by atoms with E-state index in [-0.39, 0.29) is 18.4 Å². The first-order valence-electron chi connectivity index (χ1n) is 11.3. The molecule has 1 N–H and O–H groups in total. The van der Waals surface area contributed by atoms with Crippen LogP contribution in [0.1, 0.15) is 49.3 Å². The number of aromatic amines is 1. The van der Waals surface area contributed by atoms with Gasteiger partial charge in [-0.05, 0) is 42.2 Å². The lowest BCUT2D eigenvalue weighted by molar-refractivity contribution is -0.130. The van der Waals surface area contributed by atoms with Crippen molar-refractivity contribution >= 4 is 26.8 Å². The van der Waals surface area contributed by atoms with E-state index in [1.54, 1.807) is 32.4 Å². The summed E-state index contributed by atoms with van der Waals surface area (Å²) in [5.41, 5.74) is 2.91. The maximum atomic E-state index is 11.9. The summed E-state index contributed by atoms with van der Waals surface area (Å²) in [6.45, 7) is -0.0333. The number of aromatic nitrogens is 2. The first-order chi connectivity index (χ1) is 15.7. The summed E-state index contributed by atoms with van der Waals surface area (Å²) in [4.78, 5) is 21.6. The van der Waals surface area contributed by atoms with Gasteiger partial charge in [0.1, 0.15) is 11.4 Å². The van der Waals surface area contributed by atoms with Crippen LogP contribution in [-0.4, -0.2) is 56.2 Å². The summed E-state index contributed by atoms with van der Waals surface area (Å²) in [6.07, 6.45) is 8.86. The van der Waals surface area contributed by atoms with Gasteiger partial charge in [-0.15, -0.1) is 0 Å². The quantitative estimate of drug-likeness (QED) is 0.535. The van der Waals surface area contributed by atoms with Crippen molar-refractivity contribution in [2.24, 2.45) is 5.92 Å². The highest BCUT2D eigenvalue weighted by atomic mass is 32.2. The number of fused-ring (bicyclic) bond motifs is 1. The highest BCUT2D eigenvalue weighted by Crippen LogP contribution is 2.38. The first-order valence-corrected chi connectivity index (χ1v) is 13.2. The van der Waals surface area contributed by atoms with E-state index in [1.165, 1.54) is 36.8 Å². The molecule has 0 aliphatic heterocycles. The third-order valence-corrected chi connectivity index (χ3v) is 7.59. The number of H-pyrrole nitrogens is 1. The number of ether oxygens (including phenoxy) is 1. The monoisotopic (exact) mass is 469 g/mol. The Kier molecular flexibility index (Phi) is 6.74. The lowest BCUT2D eigenvalue weighted by Gasteiger charge is -2.20. The predicted octanol–water partition coefficient (Wildman–Crippen LogP) is 4.15. The number of nitrogens with zero attached hydrogens (tertiary/aromatic N) is 2. The van der Waals surface area contributed by atoms with Gasteiger partial charge in [0.2, 0.25) is 0 Å². The smallest absolute Gasteiger partial charge is 0.259 e. The minimum Gasteiger partial charge on any atom is -0.482 e. The molecule has 3 aromatic rings. The van der Waals surface area contributed by atoms with Crippen molar-refractivity contribution in [3.8, 4) is 5.75 Å². The van der Waals surface area contributed by atoms with Crippen LogP contribution < -0.4 is 4.74 Å². The molecule has 0 radical (unpaired) electrons. The van der Waals surface area contributed by atoms with Crippen molar-refractivity contribution in [3.63, 3.8) is 0 Å². The zero-order chi connectivity index (χ0) is 23.6. The summed E-state index contributed by atoms with van der Waals surface area (Å²) < 4.78 is 29.4. The Morgan fingerprint density at radius 1 is 1.18 bits per heavy atom. The topological polar surface area (TPSA) is 92.4 Å². The standard InChI is InChI=1S/C25H31N3O4S/c1-28(2)24(29)16-32-20-13-19-14-23(27-25(19)26-15-20)22(12-17-6-4-5-7-17)18-8-10-21(11-9-18)33(3,30)31/h8-11,13-15,17,22H,4-7,12,16H2,1-3H3,(H,26,27)/t22-/m1/s1. The van der Waals surface area contributed by atoms with Gasteiger partial charge in [0.15, 0.2) is 16.4 Å². The van der Waals surface area contributed by atoms with E-state index in [0.717, 1.165) is 28.7 Å². The summed E-state index contributed by atoms with van der Waals surface area (Å²) in [7, 11) is 0.153. The molecule has 1 fully saturated rings. The summed E-state index contributed by atoms with van der Waals surface area (Å²) in [5, 5.41) is 0.920. The normalized spacial score (nSPS) is 15.6. The fourth-order valence-electron chi connectivity index (χ4n) is 4.53. The van der Waals surface area contributed by atoms with Gasteiger partial charge in [0, 0.05) is 37.3 Å². The minimum atomic E-state index is -3.23. The Balaban J connectivity index is 1.63. The average Bonchev–Trinajstić information content (AvgIpc) is 3.44. The van der Waals surface area contributed by atoms with Gasteiger partial charge in [-0.25, -0.2) is 13.4 Å². The molecule has 1 atom stereocenters. The zero-order valence-electron chi connectivity index (χ0n) is 19.4. The van der Waals surface area contributed by atoms with E-state index in [0.29, 0.717) is 16.6 Å². The molecule has 7 nitrogen and oxygen atoms in total. The number of amides is 1. The second-order valence-corrected chi connectivity index (χ2v) is 11.2. The number of likely N-dealkylation sites (N-methyl/N-ethyl adjacent to an activating group) is 1. The largest absolute Gasteiger partial charge is 0.482 e. The molecule has 0 spiro atoms. The molecule has 1 amide bonds. The predicted molar refractivity (Wildman–Crippen MR) is 128 cm³/mol. The lowest BCUT2D eigenvalue weighted by Crippen LogP contribution is -2.27. The molecule has 0 saturated heterocycles. The molecule has 8 heteroatoms. The highest BCUT2D eigenvalue weighted by Gasteiger charge is 2.24. The van der Waals surface area contributed by atoms with Crippen LogP contribution in [-0.2, 0) is 14.6 Å². The zero-order valence-corrected chi connectivity index (χ0v) is 20.2. The SMILES string of the molecule is CN(C)C(=O)COc1cnc2[nH]c([C@H](CC3CCCC3)c3ccc(S(C)(=O)=O)cc3)cc2c1. The van der Waals surface area contributed by atoms with E-state index in [9.17, 15) is 13.2 Å². The molecule has 1 aromatic carbocycles. The van der Waals surface area contributed by atoms with Crippen molar-refractivity contribution in [2.45, 2.75) is 42.9 Å². The molecule has 1 aliphatic rings. The number of benzene rings is 1. The van der Waals surface area contributed by atoms with Gasteiger partial charge >= 0.3 is 0 Å². The Bertz CT molecular complexity index is 1230. The van der Waals surface area contributed by atoms with E-state index >= 15 is 0 Å². The number of rotatable bonds is 8. The Labute approximate surface area is 195 Å². The molecular weight excluding hydrogens is 438 g/mol.